The van der Waals surface area contributed by atoms with Crippen molar-refractivity contribution in [1.29, 1.82) is 0 Å². The fraction of sp³-hybridized carbons (Fsp3) is 0.484. The number of rotatable bonds is 15. The second kappa shape index (κ2) is 17.8. The van der Waals surface area contributed by atoms with Crippen molar-refractivity contribution in [1.82, 2.24) is 9.47 Å². The highest BCUT2D eigenvalue weighted by Crippen LogP contribution is 2.41. The minimum Gasteiger partial charge on any atom is -0.506 e. The molecule has 42 heavy (non-hydrogen) atoms. The van der Waals surface area contributed by atoms with E-state index in [-0.39, 0.29) is 30.3 Å². The molecule has 0 atom stereocenters. The third-order valence-electron chi connectivity index (χ3n) is 7.11. The Kier molecular flexibility index (Phi) is 15.2. The summed E-state index contributed by atoms with van der Waals surface area (Å²) in [7, 11) is 3.89. The fourth-order valence-corrected chi connectivity index (χ4v) is 6.43. The second-order valence-electron chi connectivity index (χ2n) is 10.2. The quantitative estimate of drug-likeness (QED) is 0.0720. The predicted molar refractivity (Wildman–Crippen MR) is 176 cm³/mol. The molecule has 11 heteroatoms. The predicted octanol–water partition coefficient (Wildman–Crippen LogP) is 7.92. The third-order valence-corrected chi connectivity index (χ3v) is 8.72. The van der Waals surface area contributed by atoms with Gasteiger partial charge in [0, 0.05) is 47.4 Å². The molecule has 8 nitrogen and oxygen atoms in total. The molecule has 0 fully saturated rings. The molecule has 0 unspecified atom stereocenters. The molecule has 0 saturated heterocycles. The van der Waals surface area contributed by atoms with Gasteiger partial charge in [-0.05, 0) is 66.6 Å². The summed E-state index contributed by atoms with van der Waals surface area (Å²) in [5.41, 5.74) is 9.13. The van der Waals surface area contributed by atoms with E-state index in [1.165, 1.54) is 25.7 Å². The Morgan fingerprint density at radius 2 is 1.83 bits per heavy atom. The Hall–Kier alpha value is -2.24. The van der Waals surface area contributed by atoms with Crippen molar-refractivity contribution in [3.8, 4) is 5.75 Å². The van der Waals surface area contributed by atoms with Crippen LogP contribution in [0.15, 0.2) is 39.7 Å². The van der Waals surface area contributed by atoms with E-state index in [0.29, 0.717) is 40.0 Å². The molecule has 0 aliphatic rings. The number of halogens is 2. The number of carbonyl (C=O) groups excluding carboxylic acids is 2. The maximum Gasteiger partial charge on any atom is 0.516 e. The van der Waals surface area contributed by atoms with Crippen LogP contribution in [0.25, 0.3) is 10.9 Å². The van der Waals surface area contributed by atoms with Gasteiger partial charge in [-0.15, -0.1) is 24.2 Å². The lowest BCUT2D eigenvalue weighted by atomic mass is 10.0. The molecule has 232 valence electrons. The minimum atomic E-state index is -1.05. The number of aryl methyl sites for hydroxylation is 1. The highest BCUT2D eigenvalue weighted by atomic mass is 79.9. The van der Waals surface area contributed by atoms with Crippen LogP contribution in [-0.2, 0) is 35.4 Å². The van der Waals surface area contributed by atoms with E-state index in [0.717, 1.165) is 35.4 Å². The van der Waals surface area contributed by atoms with Crippen molar-refractivity contribution < 1.29 is 24.2 Å². The van der Waals surface area contributed by atoms with Gasteiger partial charge >= 0.3 is 12.1 Å². The maximum atomic E-state index is 13.6. The summed E-state index contributed by atoms with van der Waals surface area (Å²) in [6.07, 6.45) is 6.10. The summed E-state index contributed by atoms with van der Waals surface area (Å²) in [6.45, 7) is 5.66. The molecule has 1 aromatic heterocycles. The van der Waals surface area contributed by atoms with Gasteiger partial charge in [0.15, 0.2) is 0 Å². The number of aromatic nitrogens is 1. The van der Waals surface area contributed by atoms with Crippen molar-refractivity contribution in [2.75, 3.05) is 20.2 Å². The second-order valence-corrected chi connectivity index (χ2v) is 12.1. The molecule has 2 aromatic carbocycles. The van der Waals surface area contributed by atoms with Crippen LogP contribution in [-0.4, -0.2) is 46.9 Å². The number of phenols is 1. The first-order valence-electron chi connectivity index (χ1n) is 14.2. The van der Waals surface area contributed by atoms with Gasteiger partial charge in [0.2, 0.25) is 0 Å². The van der Waals surface area contributed by atoms with Crippen LogP contribution < -0.4 is 5.73 Å². The Bertz CT molecular complexity index is 1350. The standard InChI is InChI=1S/C31H42BrN3O5S.ClH/c1-5-7-8-9-10-11-15-34(3)19-23-27-25(17-24(32)29(23)36)35(4)26(28(27)30(37)40-31(38)39-6-2)20-41-22-14-12-13-21(16-22)18-33;/h12-14,16-17,36H,5-11,15,18-20,33H2,1-4H3;1H. The summed E-state index contributed by atoms with van der Waals surface area (Å²) < 4.78 is 12.5. The number of phenolic OH excluding ortho intramolecular Hbond substituents is 1. The highest BCUT2D eigenvalue weighted by molar-refractivity contribution is 9.10. The third kappa shape index (κ3) is 9.38. The van der Waals surface area contributed by atoms with Gasteiger partial charge in [0.1, 0.15) is 5.75 Å². The molecule has 1 heterocycles. The SMILES string of the molecule is CCCCCCCCN(C)Cc1c(O)c(Br)cc2c1c(C(=O)OC(=O)OCC)c(CSc1cccc(CN)c1)n2C.Cl. The Balaban J connectivity index is 0.00000616. The lowest BCUT2D eigenvalue weighted by Crippen LogP contribution is -2.20. The number of thioether (sulfide) groups is 1. The number of aromatic hydroxyl groups is 1. The van der Waals surface area contributed by atoms with E-state index < -0.39 is 12.1 Å². The van der Waals surface area contributed by atoms with Gasteiger partial charge in [0.25, 0.3) is 0 Å². The summed E-state index contributed by atoms with van der Waals surface area (Å²) in [4.78, 5) is 28.9. The molecule has 0 aliphatic carbocycles. The monoisotopic (exact) mass is 683 g/mol. The van der Waals surface area contributed by atoms with Gasteiger partial charge in [-0.1, -0.05) is 51.2 Å². The van der Waals surface area contributed by atoms with Crippen LogP contribution >= 0.6 is 40.1 Å². The summed E-state index contributed by atoms with van der Waals surface area (Å²) in [5, 5.41) is 11.8. The molecule has 0 saturated carbocycles. The van der Waals surface area contributed by atoms with E-state index in [4.69, 9.17) is 15.2 Å². The zero-order valence-electron chi connectivity index (χ0n) is 24.9. The first-order valence-corrected chi connectivity index (χ1v) is 16.0. The highest BCUT2D eigenvalue weighted by Gasteiger charge is 2.29. The molecule has 0 amide bonds. The summed E-state index contributed by atoms with van der Waals surface area (Å²) >= 11 is 5.07. The number of hydrogen-bond acceptors (Lipinski definition) is 8. The molecular weight excluding hydrogens is 642 g/mol. The summed E-state index contributed by atoms with van der Waals surface area (Å²) in [6, 6.07) is 9.74. The first kappa shape index (κ1) is 36.0. The normalized spacial score (nSPS) is 11.1. The number of hydrogen-bond donors (Lipinski definition) is 2. The number of benzene rings is 2. The zero-order chi connectivity index (χ0) is 29.9. The number of ether oxygens (including phenoxy) is 2. The molecule has 3 rings (SSSR count). The lowest BCUT2D eigenvalue weighted by molar-refractivity contribution is 0.0402. The molecule has 3 N–H and O–H groups in total. The number of unbranched alkanes of at least 4 members (excludes halogenated alkanes) is 5. The fourth-order valence-electron chi connectivity index (χ4n) is 4.92. The van der Waals surface area contributed by atoms with Crippen LogP contribution in [0.2, 0.25) is 0 Å². The smallest absolute Gasteiger partial charge is 0.506 e. The van der Waals surface area contributed by atoms with Gasteiger partial charge in [-0.2, -0.15) is 0 Å². The van der Waals surface area contributed by atoms with Crippen LogP contribution in [0, 0.1) is 0 Å². The molecule has 0 aliphatic heterocycles. The molecular formula is C31H43BrClN3O5S. The van der Waals surface area contributed by atoms with Gasteiger partial charge in [-0.3, -0.25) is 0 Å². The number of nitrogens with two attached hydrogens (primary N) is 1. The summed E-state index contributed by atoms with van der Waals surface area (Å²) in [5.74, 6) is -0.308. The van der Waals surface area contributed by atoms with E-state index >= 15 is 0 Å². The van der Waals surface area contributed by atoms with E-state index in [1.807, 2.05) is 42.9 Å². The molecule has 0 spiro atoms. The van der Waals surface area contributed by atoms with Gasteiger partial charge < -0.3 is 29.8 Å². The van der Waals surface area contributed by atoms with E-state index in [9.17, 15) is 14.7 Å². The molecule has 0 radical (unpaired) electrons. The Morgan fingerprint density at radius 3 is 2.52 bits per heavy atom. The maximum absolute atomic E-state index is 13.6. The van der Waals surface area contributed by atoms with Crippen molar-refractivity contribution in [3.63, 3.8) is 0 Å². The number of esters is 1. The lowest BCUT2D eigenvalue weighted by Gasteiger charge is -2.19. The largest absolute Gasteiger partial charge is 0.516 e. The van der Waals surface area contributed by atoms with Crippen LogP contribution in [0.5, 0.6) is 5.75 Å². The molecule has 0 bridgehead atoms. The van der Waals surface area contributed by atoms with Crippen LogP contribution in [0.1, 0.15) is 79.6 Å². The van der Waals surface area contributed by atoms with E-state index in [1.54, 1.807) is 24.8 Å². The van der Waals surface area contributed by atoms with Gasteiger partial charge in [0.05, 0.1) is 22.2 Å². The Morgan fingerprint density at radius 1 is 1.12 bits per heavy atom. The van der Waals surface area contributed by atoms with Gasteiger partial charge in [-0.25, -0.2) is 9.59 Å². The average molecular weight is 685 g/mol. The minimum absolute atomic E-state index is 0. The Labute approximate surface area is 267 Å². The average Bonchev–Trinajstić information content (AvgIpc) is 3.23. The van der Waals surface area contributed by atoms with Crippen LogP contribution in [0.3, 0.4) is 0 Å². The number of nitrogens with zero attached hydrogens (tertiary/aromatic N) is 2. The topological polar surface area (TPSA) is 107 Å². The number of carbonyl (C=O) groups is 2. The molecule has 3 aromatic rings. The van der Waals surface area contributed by atoms with Crippen LogP contribution in [0.4, 0.5) is 4.79 Å². The number of fused-ring (bicyclic) bond motifs is 1. The zero-order valence-corrected chi connectivity index (χ0v) is 28.1. The van der Waals surface area contributed by atoms with Crippen molar-refractivity contribution in [3.05, 3.63) is 57.2 Å². The van der Waals surface area contributed by atoms with Crippen molar-refractivity contribution >= 4 is 63.1 Å². The van der Waals surface area contributed by atoms with E-state index in [2.05, 4.69) is 27.8 Å². The van der Waals surface area contributed by atoms with Crippen molar-refractivity contribution in [2.45, 2.75) is 76.1 Å². The van der Waals surface area contributed by atoms with Crippen molar-refractivity contribution in [2.24, 2.45) is 12.8 Å². The first-order chi connectivity index (χ1) is 19.7.